The third-order valence-electron chi connectivity index (χ3n) is 2.74. The van der Waals surface area contributed by atoms with Crippen LogP contribution in [0.3, 0.4) is 0 Å². The van der Waals surface area contributed by atoms with Gasteiger partial charge < -0.3 is 19.5 Å². The predicted octanol–water partition coefficient (Wildman–Crippen LogP) is 2.55. The van der Waals surface area contributed by atoms with Gasteiger partial charge in [-0.05, 0) is 26.0 Å². The molecule has 0 atom stereocenters. The summed E-state index contributed by atoms with van der Waals surface area (Å²) < 4.78 is 14.1. The number of esters is 3. The molecule has 0 aliphatic heterocycles. The Kier molecular flexibility index (Phi) is 7.26. The van der Waals surface area contributed by atoms with Crippen LogP contribution in [-0.2, 0) is 23.8 Å². The van der Waals surface area contributed by atoms with Crippen molar-refractivity contribution in [3.8, 4) is 0 Å². The van der Waals surface area contributed by atoms with Crippen LogP contribution in [0.2, 0.25) is 5.02 Å². The minimum atomic E-state index is -0.874. The van der Waals surface area contributed by atoms with Crippen LogP contribution < -0.4 is 5.32 Å². The van der Waals surface area contributed by atoms with Crippen molar-refractivity contribution in [2.24, 2.45) is 0 Å². The lowest BCUT2D eigenvalue weighted by Gasteiger charge is -2.12. The first-order valence-electron chi connectivity index (χ1n) is 6.94. The average Bonchev–Trinajstić information content (AvgIpc) is 2.54. The summed E-state index contributed by atoms with van der Waals surface area (Å²) in [4.78, 5) is 35.1. The molecule has 0 aliphatic carbocycles. The van der Waals surface area contributed by atoms with E-state index in [0.29, 0.717) is 5.69 Å². The van der Waals surface area contributed by atoms with Crippen molar-refractivity contribution < 1.29 is 28.6 Å². The molecule has 0 unspecified atom stereocenters. The summed E-state index contributed by atoms with van der Waals surface area (Å²) in [6, 6.07) is 4.65. The summed E-state index contributed by atoms with van der Waals surface area (Å²) in [5.41, 5.74) is 0.104. The van der Waals surface area contributed by atoms with Gasteiger partial charge in [0, 0.05) is 6.20 Å². The fraction of sp³-hybridized carbons (Fsp3) is 0.312. The van der Waals surface area contributed by atoms with Gasteiger partial charge in [0.15, 0.2) is 5.57 Å². The van der Waals surface area contributed by atoms with E-state index in [1.54, 1.807) is 26.0 Å². The number of anilines is 1. The Morgan fingerprint density at radius 3 is 2.21 bits per heavy atom. The number of halogens is 1. The highest BCUT2D eigenvalue weighted by atomic mass is 35.5. The number of ether oxygens (including phenoxy) is 3. The first-order chi connectivity index (χ1) is 11.3. The van der Waals surface area contributed by atoms with Crippen LogP contribution >= 0.6 is 11.6 Å². The van der Waals surface area contributed by atoms with Crippen molar-refractivity contribution in [3.63, 3.8) is 0 Å². The number of methoxy groups -OCH3 is 2. The first kappa shape index (κ1) is 19.5. The Labute approximate surface area is 144 Å². The highest BCUT2D eigenvalue weighted by molar-refractivity contribution is 6.36. The lowest BCUT2D eigenvalue weighted by Crippen LogP contribution is -2.17. The van der Waals surface area contributed by atoms with Crippen molar-refractivity contribution in [1.82, 2.24) is 0 Å². The second-order valence-electron chi connectivity index (χ2n) is 4.81. The molecular formula is C16H18ClNO6. The van der Waals surface area contributed by atoms with Crippen LogP contribution in [0.1, 0.15) is 24.2 Å². The molecule has 8 heteroatoms. The number of carbonyl (C=O) groups excluding carboxylic acids is 3. The minimum absolute atomic E-state index is 0.0912. The smallest absolute Gasteiger partial charge is 0.346 e. The zero-order valence-corrected chi connectivity index (χ0v) is 14.5. The van der Waals surface area contributed by atoms with E-state index in [2.05, 4.69) is 14.8 Å². The molecule has 0 saturated carbocycles. The molecule has 1 rings (SSSR count). The van der Waals surface area contributed by atoms with E-state index in [9.17, 15) is 14.4 Å². The van der Waals surface area contributed by atoms with E-state index in [4.69, 9.17) is 16.3 Å². The fourth-order valence-corrected chi connectivity index (χ4v) is 1.91. The molecule has 1 N–H and O–H groups in total. The lowest BCUT2D eigenvalue weighted by atomic mass is 10.2. The maximum atomic E-state index is 12.0. The zero-order chi connectivity index (χ0) is 18.3. The van der Waals surface area contributed by atoms with E-state index < -0.39 is 17.9 Å². The quantitative estimate of drug-likeness (QED) is 0.275. The van der Waals surface area contributed by atoms with Gasteiger partial charge >= 0.3 is 17.9 Å². The van der Waals surface area contributed by atoms with Gasteiger partial charge in [-0.25, -0.2) is 14.4 Å². The number of rotatable bonds is 6. The summed E-state index contributed by atoms with van der Waals surface area (Å²) in [6.07, 6.45) is 0.798. The van der Waals surface area contributed by atoms with Gasteiger partial charge in [-0.15, -0.1) is 0 Å². The molecule has 24 heavy (non-hydrogen) atoms. The van der Waals surface area contributed by atoms with Gasteiger partial charge in [0.05, 0.1) is 36.6 Å². The lowest BCUT2D eigenvalue weighted by molar-refractivity contribution is -0.144. The zero-order valence-electron chi connectivity index (χ0n) is 13.7. The summed E-state index contributed by atoms with van der Waals surface area (Å²) in [7, 11) is 2.27. The van der Waals surface area contributed by atoms with Crippen molar-refractivity contribution in [3.05, 3.63) is 40.6 Å². The SMILES string of the molecule is COC(=O)C(=CNc1cccc(C(=O)OC(C)C)c1Cl)C(=O)OC. The molecule has 1 aromatic rings. The third-order valence-corrected chi connectivity index (χ3v) is 3.15. The Morgan fingerprint density at radius 1 is 1.12 bits per heavy atom. The average molecular weight is 356 g/mol. The summed E-state index contributed by atoms with van der Waals surface area (Å²) in [5.74, 6) is -2.33. The van der Waals surface area contributed by atoms with Crippen LogP contribution in [0, 0.1) is 0 Å². The third kappa shape index (κ3) is 4.99. The Balaban J connectivity index is 3.11. The maximum Gasteiger partial charge on any atom is 0.346 e. The molecule has 7 nitrogen and oxygen atoms in total. The van der Waals surface area contributed by atoms with E-state index in [0.717, 1.165) is 20.4 Å². The molecule has 0 fully saturated rings. The van der Waals surface area contributed by atoms with E-state index >= 15 is 0 Å². The molecule has 0 spiro atoms. The van der Waals surface area contributed by atoms with Crippen LogP contribution in [0.5, 0.6) is 0 Å². The number of benzene rings is 1. The van der Waals surface area contributed by atoms with Crippen molar-refractivity contribution in [1.29, 1.82) is 0 Å². The first-order valence-corrected chi connectivity index (χ1v) is 7.32. The Morgan fingerprint density at radius 2 is 1.71 bits per heavy atom. The second-order valence-corrected chi connectivity index (χ2v) is 5.18. The number of carbonyl (C=O) groups is 3. The Bertz CT molecular complexity index is 651. The molecule has 0 bridgehead atoms. The minimum Gasteiger partial charge on any atom is -0.465 e. The molecular weight excluding hydrogens is 338 g/mol. The molecule has 0 amide bonds. The molecule has 0 saturated heterocycles. The van der Waals surface area contributed by atoms with Gasteiger partial charge in [-0.1, -0.05) is 17.7 Å². The van der Waals surface area contributed by atoms with E-state index in [1.165, 1.54) is 6.07 Å². The maximum absolute atomic E-state index is 12.0. The van der Waals surface area contributed by atoms with E-state index in [-0.39, 0.29) is 22.3 Å². The molecule has 0 radical (unpaired) electrons. The van der Waals surface area contributed by atoms with Gasteiger partial charge in [-0.3, -0.25) is 0 Å². The molecule has 0 aliphatic rings. The molecule has 130 valence electrons. The van der Waals surface area contributed by atoms with Gasteiger partial charge in [0.2, 0.25) is 0 Å². The summed E-state index contributed by atoms with van der Waals surface area (Å²) >= 11 is 6.17. The monoisotopic (exact) mass is 355 g/mol. The van der Waals surface area contributed by atoms with Crippen LogP contribution in [0.15, 0.2) is 30.0 Å². The highest BCUT2D eigenvalue weighted by Crippen LogP contribution is 2.27. The number of hydrogen-bond acceptors (Lipinski definition) is 7. The van der Waals surface area contributed by atoms with Crippen LogP contribution in [0.4, 0.5) is 5.69 Å². The normalized spacial score (nSPS) is 9.92. The summed E-state index contributed by atoms with van der Waals surface area (Å²) in [6.45, 7) is 3.44. The van der Waals surface area contributed by atoms with Gasteiger partial charge in [-0.2, -0.15) is 0 Å². The fourth-order valence-electron chi connectivity index (χ4n) is 1.65. The van der Waals surface area contributed by atoms with Crippen molar-refractivity contribution >= 4 is 35.2 Å². The second kappa shape index (κ2) is 8.93. The largest absolute Gasteiger partial charge is 0.465 e. The summed E-state index contributed by atoms with van der Waals surface area (Å²) in [5, 5.41) is 2.78. The topological polar surface area (TPSA) is 90.9 Å². The van der Waals surface area contributed by atoms with Crippen LogP contribution in [0.25, 0.3) is 0 Å². The van der Waals surface area contributed by atoms with Gasteiger partial charge in [0.1, 0.15) is 0 Å². The highest BCUT2D eigenvalue weighted by Gasteiger charge is 2.20. The number of hydrogen-bond donors (Lipinski definition) is 1. The predicted molar refractivity (Wildman–Crippen MR) is 87.7 cm³/mol. The Hall–Kier alpha value is -2.54. The molecule has 1 aromatic carbocycles. The molecule has 0 heterocycles. The van der Waals surface area contributed by atoms with E-state index in [1.807, 2.05) is 0 Å². The van der Waals surface area contributed by atoms with Crippen molar-refractivity contribution in [2.45, 2.75) is 20.0 Å². The standard InChI is InChI=1S/C16H18ClNO6/c1-9(2)24-16(21)10-6-5-7-12(13(10)17)18-8-11(14(19)22-3)15(20)23-4/h5-9,18H,1-4H3. The van der Waals surface area contributed by atoms with Crippen LogP contribution in [-0.4, -0.2) is 38.2 Å². The number of nitrogens with one attached hydrogen (secondary N) is 1. The molecule has 0 aromatic heterocycles. The van der Waals surface area contributed by atoms with Crippen molar-refractivity contribution in [2.75, 3.05) is 19.5 Å². The van der Waals surface area contributed by atoms with Gasteiger partial charge in [0.25, 0.3) is 0 Å².